The van der Waals surface area contributed by atoms with Gasteiger partial charge in [0.1, 0.15) is 11.9 Å². The second-order valence-electron chi connectivity index (χ2n) is 4.20. The van der Waals surface area contributed by atoms with Crippen LogP contribution in [0.1, 0.15) is 28.6 Å². The van der Waals surface area contributed by atoms with Crippen molar-refractivity contribution in [2.45, 2.75) is 20.0 Å². The molecule has 4 heteroatoms. The number of halogens is 2. The Labute approximate surface area is 110 Å². The number of aromatic nitrogens is 1. The molecule has 1 unspecified atom stereocenters. The van der Waals surface area contributed by atoms with Gasteiger partial charge in [0.15, 0.2) is 0 Å². The molecule has 0 spiro atoms. The molecule has 0 amide bonds. The average Bonchev–Trinajstić information content (AvgIpc) is 2.28. The molecule has 2 nitrogen and oxygen atoms in total. The van der Waals surface area contributed by atoms with E-state index in [9.17, 15) is 9.50 Å². The van der Waals surface area contributed by atoms with Crippen molar-refractivity contribution >= 4 is 11.6 Å². The minimum Gasteiger partial charge on any atom is -0.383 e. The van der Waals surface area contributed by atoms with Gasteiger partial charge in [-0.3, -0.25) is 4.98 Å². The molecule has 18 heavy (non-hydrogen) atoms. The van der Waals surface area contributed by atoms with Crippen LogP contribution < -0.4 is 0 Å². The summed E-state index contributed by atoms with van der Waals surface area (Å²) in [5.41, 5.74) is 2.35. The number of rotatable bonds is 2. The van der Waals surface area contributed by atoms with E-state index in [4.69, 9.17) is 11.6 Å². The normalized spacial score (nSPS) is 12.5. The van der Waals surface area contributed by atoms with E-state index in [0.717, 1.165) is 5.69 Å². The zero-order chi connectivity index (χ0) is 13.3. The molecule has 0 fully saturated rings. The van der Waals surface area contributed by atoms with Crippen LogP contribution in [0.15, 0.2) is 30.3 Å². The topological polar surface area (TPSA) is 33.1 Å². The van der Waals surface area contributed by atoms with E-state index in [0.29, 0.717) is 16.3 Å². The molecule has 0 saturated heterocycles. The van der Waals surface area contributed by atoms with Crippen molar-refractivity contribution in [2.75, 3.05) is 0 Å². The number of hydrogen-bond acceptors (Lipinski definition) is 2. The van der Waals surface area contributed by atoms with Crippen molar-refractivity contribution in [3.05, 3.63) is 63.7 Å². The van der Waals surface area contributed by atoms with Crippen LogP contribution in [-0.2, 0) is 0 Å². The Morgan fingerprint density at radius 2 is 1.83 bits per heavy atom. The largest absolute Gasteiger partial charge is 0.383 e. The lowest BCUT2D eigenvalue weighted by atomic mass is 10.00. The molecule has 0 radical (unpaired) electrons. The fourth-order valence-electron chi connectivity index (χ4n) is 1.88. The van der Waals surface area contributed by atoms with Crippen LogP contribution in [-0.4, -0.2) is 10.1 Å². The first-order valence-electron chi connectivity index (χ1n) is 5.56. The van der Waals surface area contributed by atoms with E-state index in [1.807, 2.05) is 6.92 Å². The zero-order valence-electron chi connectivity index (χ0n) is 10.1. The van der Waals surface area contributed by atoms with Crippen LogP contribution in [0.2, 0.25) is 5.02 Å². The third-order valence-electron chi connectivity index (χ3n) is 2.82. The maximum absolute atomic E-state index is 13.7. The standard InChI is InChI=1S/C14H13ClFNO/c1-8-3-5-11(9(2)17-8)14(18)12-6-4-10(15)7-13(12)16/h3-7,14,18H,1-2H3. The molecule has 0 aliphatic heterocycles. The highest BCUT2D eigenvalue weighted by Gasteiger charge is 2.17. The van der Waals surface area contributed by atoms with Gasteiger partial charge in [0.25, 0.3) is 0 Å². The van der Waals surface area contributed by atoms with E-state index in [1.54, 1.807) is 25.1 Å². The Hall–Kier alpha value is -1.45. The maximum atomic E-state index is 13.7. The minimum atomic E-state index is -1.03. The summed E-state index contributed by atoms with van der Waals surface area (Å²) in [5.74, 6) is -0.519. The van der Waals surface area contributed by atoms with E-state index in [-0.39, 0.29) is 5.56 Å². The van der Waals surface area contributed by atoms with E-state index < -0.39 is 11.9 Å². The highest BCUT2D eigenvalue weighted by molar-refractivity contribution is 6.30. The lowest BCUT2D eigenvalue weighted by Crippen LogP contribution is -2.06. The smallest absolute Gasteiger partial charge is 0.130 e. The number of aliphatic hydroxyl groups is 1. The van der Waals surface area contributed by atoms with Gasteiger partial charge in [-0.1, -0.05) is 23.7 Å². The number of pyridine rings is 1. The van der Waals surface area contributed by atoms with Crippen LogP contribution in [0, 0.1) is 19.7 Å². The van der Waals surface area contributed by atoms with Crippen LogP contribution in [0.3, 0.4) is 0 Å². The van der Waals surface area contributed by atoms with Crippen molar-refractivity contribution in [1.29, 1.82) is 0 Å². The maximum Gasteiger partial charge on any atom is 0.130 e. The first-order chi connectivity index (χ1) is 8.49. The Morgan fingerprint density at radius 3 is 2.44 bits per heavy atom. The number of hydrogen-bond donors (Lipinski definition) is 1. The highest BCUT2D eigenvalue weighted by Crippen LogP contribution is 2.27. The monoisotopic (exact) mass is 265 g/mol. The summed E-state index contributed by atoms with van der Waals surface area (Å²) in [6.45, 7) is 3.66. The number of benzene rings is 1. The van der Waals surface area contributed by atoms with Gasteiger partial charge in [-0.25, -0.2) is 4.39 Å². The summed E-state index contributed by atoms with van der Waals surface area (Å²) < 4.78 is 13.7. The summed E-state index contributed by atoms with van der Waals surface area (Å²) in [6, 6.07) is 7.79. The lowest BCUT2D eigenvalue weighted by Gasteiger charge is -2.14. The molecule has 1 aromatic heterocycles. The second kappa shape index (κ2) is 5.04. The van der Waals surface area contributed by atoms with Gasteiger partial charge in [0.05, 0.1) is 0 Å². The molecule has 1 heterocycles. The summed E-state index contributed by atoms with van der Waals surface area (Å²) in [7, 11) is 0. The van der Waals surface area contributed by atoms with Gasteiger partial charge in [0, 0.05) is 27.5 Å². The van der Waals surface area contributed by atoms with Crippen LogP contribution in [0.25, 0.3) is 0 Å². The predicted molar refractivity (Wildman–Crippen MR) is 69.2 cm³/mol. The number of aliphatic hydroxyl groups excluding tert-OH is 1. The molecule has 2 rings (SSSR count). The summed E-state index contributed by atoms with van der Waals surface area (Å²) in [5, 5.41) is 10.5. The summed E-state index contributed by atoms with van der Waals surface area (Å²) in [4.78, 5) is 4.26. The quantitative estimate of drug-likeness (QED) is 0.900. The van der Waals surface area contributed by atoms with Crippen molar-refractivity contribution < 1.29 is 9.50 Å². The van der Waals surface area contributed by atoms with E-state index in [1.165, 1.54) is 12.1 Å². The Balaban J connectivity index is 2.44. The van der Waals surface area contributed by atoms with Crippen molar-refractivity contribution in [2.24, 2.45) is 0 Å². The molecule has 1 N–H and O–H groups in total. The third kappa shape index (κ3) is 2.52. The first-order valence-corrected chi connectivity index (χ1v) is 5.94. The van der Waals surface area contributed by atoms with Gasteiger partial charge in [0.2, 0.25) is 0 Å². The first kappa shape index (κ1) is 13.0. The van der Waals surface area contributed by atoms with E-state index >= 15 is 0 Å². The highest BCUT2D eigenvalue weighted by atomic mass is 35.5. The van der Waals surface area contributed by atoms with Crippen molar-refractivity contribution in [1.82, 2.24) is 4.98 Å². The summed E-state index contributed by atoms with van der Waals surface area (Å²) >= 11 is 5.69. The molecule has 0 aliphatic rings. The third-order valence-corrected chi connectivity index (χ3v) is 3.05. The van der Waals surface area contributed by atoms with E-state index in [2.05, 4.69) is 4.98 Å². The molecule has 94 valence electrons. The molecular formula is C14H13ClFNO. The molecule has 2 aromatic rings. The van der Waals surface area contributed by atoms with Gasteiger partial charge in [-0.15, -0.1) is 0 Å². The SMILES string of the molecule is Cc1ccc(C(O)c2ccc(Cl)cc2F)c(C)n1. The zero-order valence-corrected chi connectivity index (χ0v) is 10.9. The molecule has 0 bridgehead atoms. The number of nitrogens with zero attached hydrogens (tertiary/aromatic N) is 1. The van der Waals surface area contributed by atoms with Gasteiger partial charge < -0.3 is 5.11 Å². The van der Waals surface area contributed by atoms with Gasteiger partial charge in [-0.2, -0.15) is 0 Å². The molecule has 1 atom stereocenters. The number of aryl methyl sites for hydroxylation is 2. The Bertz CT molecular complexity index is 535. The minimum absolute atomic E-state index is 0.202. The second-order valence-corrected chi connectivity index (χ2v) is 4.63. The molecule has 0 aliphatic carbocycles. The summed E-state index contributed by atoms with van der Waals surface area (Å²) in [6.07, 6.45) is -1.03. The molecule has 1 aromatic carbocycles. The molecule has 0 saturated carbocycles. The molecular weight excluding hydrogens is 253 g/mol. The lowest BCUT2D eigenvalue weighted by molar-refractivity contribution is 0.213. The van der Waals surface area contributed by atoms with Crippen LogP contribution in [0.5, 0.6) is 0 Å². The van der Waals surface area contributed by atoms with Gasteiger partial charge >= 0.3 is 0 Å². The fraction of sp³-hybridized carbons (Fsp3) is 0.214. The van der Waals surface area contributed by atoms with Gasteiger partial charge in [-0.05, 0) is 32.0 Å². The van der Waals surface area contributed by atoms with Crippen molar-refractivity contribution in [3.8, 4) is 0 Å². The van der Waals surface area contributed by atoms with Crippen LogP contribution in [0.4, 0.5) is 4.39 Å². The Morgan fingerprint density at radius 1 is 1.17 bits per heavy atom. The van der Waals surface area contributed by atoms with Crippen LogP contribution >= 0.6 is 11.6 Å². The predicted octanol–water partition coefficient (Wildman–Crippen LogP) is 3.57. The average molecular weight is 266 g/mol. The Kier molecular flexibility index (Phi) is 3.64. The van der Waals surface area contributed by atoms with Crippen molar-refractivity contribution in [3.63, 3.8) is 0 Å². The fourth-order valence-corrected chi connectivity index (χ4v) is 2.04.